The number of furan rings is 1. The molecule has 0 radical (unpaired) electrons. The predicted octanol–water partition coefficient (Wildman–Crippen LogP) is 4.02. The largest absolute Gasteiger partial charge is 0.454 e. The van der Waals surface area contributed by atoms with Crippen LogP contribution < -0.4 is 5.32 Å². The quantitative estimate of drug-likeness (QED) is 0.775. The molecule has 0 aliphatic heterocycles. The predicted molar refractivity (Wildman–Crippen MR) is 80.8 cm³/mol. The van der Waals surface area contributed by atoms with Crippen molar-refractivity contribution in [3.63, 3.8) is 0 Å². The van der Waals surface area contributed by atoms with E-state index in [4.69, 9.17) is 4.42 Å². The number of hydrogen-bond acceptors (Lipinski definition) is 4. The molecule has 0 atom stereocenters. The Morgan fingerprint density at radius 3 is 2.90 bits per heavy atom. The maximum Gasteiger partial charge on any atom is 0.223 e. The third kappa shape index (κ3) is 2.37. The summed E-state index contributed by atoms with van der Waals surface area (Å²) in [6, 6.07) is 9.99. The third-order valence-electron chi connectivity index (χ3n) is 3.16. The smallest absolute Gasteiger partial charge is 0.223 e. The Labute approximate surface area is 117 Å². The Balaban J connectivity index is 2.03. The molecule has 0 amide bonds. The first-order valence-electron chi connectivity index (χ1n) is 6.84. The van der Waals surface area contributed by atoms with Gasteiger partial charge in [-0.2, -0.15) is 0 Å². The van der Waals surface area contributed by atoms with Crippen molar-refractivity contribution in [3.8, 4) is 11.5 Å². The minimum absolute atomic E-state index is 0.646. The summed E-state index contributed by atoms with van der Waals surface area (Å²) in [5.41, 5.74) is 2.73. The van der Waals surface area contributed by atoms with Crippen LogP contribution in [0.4, 0.5) is 5.95 Å². The van der Waals surface area contributed by atoms with Gasteiger partial charge >= 0.3 is 0 Å². The maximum absolute atomic E-state index is 5.88. The van der Waals surface area contributed by atoms with Crippen LogP contribution in [0.5, 0.6) is 0 Å². The van der Waals surface area contributed by atoms with E-state index in [0.717, 1.165) is 41.0 Å². The lowest BCUT2D eigenvalue weighted by atomic mass is 10.2. The van der Waals surface area contributed by atoms with Gasteiger partial charge < -0.3 is 9.73 Å². The Bertz CT molecular complexity index is 700. The van der Waals surface area contributed by atoms with Crippen LogP contribution in [-0.4, -0.2) is 16.5 Å². The minimum Gasteiger partial charge on any atom is -0.454 e. The molecular weight excluding hydrogens is 250 g/mol. The summed E-state index contributed by atoms with van der Waals surface area (Å²) in [5.74, 6) is 1.43. The van der Waals surface area contributed by atoms with E-state index in [1.165, 1.54) is 0 Å². The number of aromatic nitrogens is 2. The van der Waals surface area contributed by atoms with Crippen molar-refractivity contribution in [2.75, 3.05) is 11.9 Å². The molecule has 0 aliphatic rings. The zero-order valence-electron chi connectivity index (χ0n) is 11.7. The molecule has 2 aromatic heterocycles. The van der Waals surface area contributed by atoms with Gasteiger partial charge in [-0.25, -0.2) is 9.97 Å². The van der Waals surface area contributed by atoms with Gasteiger partial charge in [0.25, 0.3) is 0 Å². The molecule has 0 saturated heterocycles. The first-order chi connectivity index (χ1) is 9.78. The van der Waals surface area contributed by atoms with Gasteiger partial charge in [0.15, 0.2) is 5.76 Å². The molecule has 0 saturated carbocycles. The molecule has 1 aromatic carbocycles. The summed E-state index contributed by atoms with van der Waals surface area (Å²) in [6.45, 7) is 4.97. The summed E-state index contributed by atoms with van der Waals surface area (Å²) < 4.78 is 5.88. The Kier molecular flexibility index (Phi) is 3.37. The van der Waals surface area contributed by atoms with E-state index in [2.05, 4.69) is 22.2 Å². The molecular formula is C16H17N3O. The lowest BCUT2D eigenvalue weighted by Gasteiger charge is -2.06. The first kappa shape index (κ1) is 12.7. The van der Waals surface area contributed by atoms with Crippen LogP contribution in [-0.2, 0) is 0 Å². The molecule has 3 aromatic rings. The summed E-state index contributed by atoms with van der Waals surface area (Å²) in [4.78, 5) is 8.85. The van der Waals surface area contributed by atoms with Gasteiger partial charge in [-0.05, 0) is 31.0 Å². The Morgan fingerprint density at radius 1 is 1.25 bits per heavy atom. The molecule has 1 N–H and O–H groups in total. The molecule has 0 aliphatic carbocycles. The van der Waals surface area contributed by atoms with E-state index >= 15 is 0 Å². The number of rotatable bonds is 4. The molecule has 3 rings (SSSR count). The van der Waals surface area contributed by atoms with E-state index in [0.29, 0.717) is 5.95 Å². The van der Waals surface area contributed by atoms with Crippen molar-refractivity contribution in [1.29, 1.82) is 0 Å². The summed E-state index contributed by atoms with van der Waals surface area (Å²) in [5, 5.41) is 4.29. The summed E-state index contributed by atoms with van der Waals surface area (Å²) >= 11 is 0. The molecule has 0 spiro atoms. The van der Waals surface area contributed by atoms with E-state index in [-0.39, 0.29) is 0 Å². The second-order valence-corrected chi connectivity index (χ2v) is 4.80. The van der Waals surface area contributed by atoms with Crippen molar-refractivity contribution in [2.45, 2.75) is 20.3 Å². The fourth-order valence-electron chi connectivity index (χ4n) is 2.11. The van der Waals surface area contributed by atoms with Gasteiger partial charge in [-0.1, -0.05) is 25.1 Å². The fraction of sp³-hybridized carbons (Fsp3) is 0.250. The minimum atomic E-state index is 0.646. The van der Waals surface area contributed by atoms with Crippen molar-refractivity contribution >= 4 is 16.9 Å². The highest BCUT2D eigenvalue weighted by Crippen LogP contribution is 2.28. The van der Waals surface area contributed by atoms with E-state index in [1.807, 2.05) is 43.5 Å². The van der Waals surface area contributed by atoms with Crippen LogP contribution in [0.15, 0.2) is 40.9 Å². The molecule has 102 valence electrons. The lowest BCUT2D eigenvalue weighted by molar-refractivity contribution is 0.628. The van der Waals surface area contributed by atoms with Gasteiger partial charge in [-0.3, -0.25) is 0 Å². The van der Waals surface area contributed by atoms with E-state index in [9.17, 15) is 0 Å². The fourth-order valence-corrected chi connectivity index (χ4v) is 2.11. The van der Waals surface area contributed by atoms with Crippen LogP contribution in [0, 0.1) is 6.92 Å². The van der Waals surface area contributed by atoms with Gasteiger partial charge in [0.2, 0.25) is 5.95 Å². The molecule has 0 bridgehead atoms. The topological polar surface area (TPSA) is 51.0 Å². The van der Waals surface area contributed by atoms with Crippen LogP contribution in [0.3, 0.4) is 0 Å². The van der Waals surface area contributed by atoms with Crippen molar-refractivity contribution in [1.82, 2.24) is 9.97 Å². The van der Waals surface area contributed by atoms with Gasteiger partial charge in [0.1, 0.15) is 11.3 Å². The van der Waals surface area contributed by atoms with Gasteiger partial charge in [0.05, 0.1) is 0 Å². The molecule has 0 unspecified atom stereocenters. The number of nitrogens with zero attached hydrogens (tertiary/aromatic N) is 2. The average molecular weight is 267 g/mol. The summed E-state index contributed by atoms with van der Waals surface area (Å²) in [7, 11) is 0. The number of anilines is 1. The molecule has 2 heterocycles. The Morgan fingerprint density at radius 2 is 2.10 bits per heavy atom. The molecule has 20 heavy (non-hydrogen) atoms. The van der Waals surface area contributed by atoms with Crippen LogP contribution in [0.2, 0.25) is 0 Å². The number of nitrogens with one attached hydrogen (secondary N) is 1. The monoisotopic (exact) mass is 267 g/mol. The van der Waals surface area contributed by atoms with E-state index < -0.39 is 0 Å². The number of hydrogen-bond donors (Lipinski definition) is 1. The summed E-state index contributed by atoms with van der Waals surface area (Å²) in [6.07, 6.45) is 2.87. The molecule has 4 nitrogen and oxygen atoms in total. The maximum atomic E-state index is 5.88. The average Bonchev–Trinajstić information content (AvgIpc) is 2.90. The van der Waals surface area contributed by atoms with Crippen molar-refractivity contribution in [3.05, 3.63) is 42.1 Å². The van der Waals surface area contributed by atoms with Crippen molar-refractivity contribution < 1.29 is 4.42 Å². The van der Waals surface area contributed by atoms with Crippen LogP contribution in [0.1, 0.15) is 18.9 Å². The van der Waals surface area contributed by atoms with Crippen LogP contribution >= 0.6 is 0 Å². The normalized spacial score (nSPS) is 10.9. The number of fused-ring (bicyclic) bond motifs is 1. The molecule has 0 fully saturated rings. The number of benzene rings is 1. The van der Waals surface area contributed by atoms with E-state index in [1.54, 1.807) is 0 Å². The Hall–Kier alpha value is -2.36. The second kappa shape index (κ2) is 5.33. The lowest BCUT2D eigenvalue weighted by Crippen LogP contribution is -2.05. The zero-order valence-corrected chi connectivity index (χ0v) is 11.7. The third-order valence-corrected chi connectivity index (χ3v) is 3.16. The number of para-hydroxylation sites is 1. The standard InChI is InChI=1S/C16H17N3O/c1-3-8-17-16-18-10-11(2)15(19-16)14-9-12-6-4-5-7-13(12)20-14/h4-7,9-10H,3,8H2,1-2H3,(H,17,18,19). The first-order valence-corrected chi connectivity index (χ1v) is 6.84. The highest BCUT2D eigenvalue weighted by atomic mass is 16.3. The zero-order chi connectivity index (χ0) is 13.9. The van der Waals surface area contributed by atoms with Gasteiger partial charge in [0, 0.05) is 18.1 Å². The highest BCUT2D eigenvalue weighted by Gasteiger charge is 2.11. The molecule has 4 heteroatoms. The SMILES string of the molecule is CCCNc1ncc(C)c(-c2cc3ccccc3o2)n1. The highest BCUT2D eigenvalue weighted by molar-refractivity contribution is 5.82. The van der Waals surface area contributed by atoms with Crippen molar-refractivity contribution in [2.24, 2.45) is 0 Å². The number of aryl methyl sites for hydroxylation is 1. The second-order valence-electron chi connectivity index (χ2n) is 4.80. The van der Waals surface area contributed by atoms with Crippen LogP contribution in [0.25, 0.3) is 22.4 Å². The van der Waals surface area contributed by atoms with Gasteiger partial charge in [-0.15, -0.1) is 0 Å².